The van der Waals surface area contributed by atoms with Crippen molar-refractivity contribution in [2.45, 2.75) is 107 Å². The van der Waals surface area contributed by atoms with E-state index in [9.17, 15) is 4.79 Å². The molecule has 3 aliphatic heterocycles. The number of hydrogen-bond acceptors (Lipinski definition) is 5. The fourth-order valence-electron chi connectivity index (χ4n) is 5.16. The molecule has 0 radical (unpaired) electrons. The zero-order valence-electron chi connectivity index (χ0n) is 15.6. The Balaban J connectivity index is 0.000000127. The molecule has 5 heteroatoms. The number of epoxide rings is 3. The maximum absolute atomic E-state index is 12.0. The van der Waals surface area contributed by atoms with Gasteiger partial charge in [0.15, 0.2) is 0 Å². The van der Waals surface area contributed by atoms with Gasteiger partial charge in [0.1, 0.15) is 6.10 Å². The summed E-state index contributed by atoms with van der Waals surface area (Å²) in [6.07, 6.45) is 15.6. The van der Waals surface area contributed by atoms with E-state index in [1.54, 1.807) is 0 Å². The molecule has 0 amide bonds. The van der Waals surface area contributed by atoms with Crippen molar-refractivity contribution in [1.82, 2.24) is 0 Å². The van der Waals surface area contributed by atoms with Gasteiger partial charge in [0, 0.05) is 0 Å². The Kier molecular flexibility index (Phi) is 4.97. The van der Waals surface area contributed by atoms with E-state index in [1.807, 2.05) is 0 Å². The molecule has 0 spiro atoms. The Morgan fingerprint density at radius 1 is 0.731 bits per heavy atom. The summed E-state index contributed by atoms with van der Waals surface area (Å²) in [4.78, 5) is 12.0. The van der Waals surface area contributed by atoms with Crippen molar-refractivity contribution in [3.63, 3.8) is 0 Å². The first kappa shape index (κ1) is 17.4. The van der Waals surface area contributed by atoms with Gasteiger partial charge in [-0.15, -0.1) is 0 Å². The second-order valence-corrected chi connectivity index (χ2v) is 9.08. The molecule has 7 unspecified atom stereocenters. The quantitative estimate of drug-likeness (QED) is 0.567. The first-order valence-corrected chi connectivity index (χ1v) is 10.9. The van der Waals surface area contributed by atoms with Gasteiger partial charge in [-0.25, -0.2) is 0 Å². The fourth-order valence-corrected chi connectivity index (χ4v) is 5.16. The molecule has 0 aromatic rings. The van der Waals surface area contributed by atoms with Crippen LogP contribution in [0.2, 0.25) is 0 Å². The molecule has 0 N–H and O–H groups in total. The number of ether oxygens (including phenoxy) is 4. The summed E-state index contributed by atoms with van der Waals surface area (Å²) in [6.45, 7) is 1.02. The molecule has 0 bridgehead atoms. The van der Waals surface area contributed by atoms with Crippen molar-refractivity contribution in [1.29, 1.82) is 0 Å². The largest absolute Gasteiger partial charge is 0.462 e. The van der Waals surface area contributed by atoms with Crippen molar-refractivity contribution < 1.29 is 23.7 Å². The van der Waals surface area contributed by atoms with E-state index in [1.165, 1.54) is 38.5 Å². The highest BCUT2D eigenvalue weighted by Crippen LogP contribution is 2.43. The molecule has 3 saturated carbocycles. The maximum atomic E-state index is 12.0. The number of hydrogen-bond donors (Lipinski definition) is 0. The first-order valence-electron chi connectivity index (χ1n) is 10.9. The highest BCUT2D eigenvalue weighted by atomic mass is 16.6. The number of carbonyl (C=O) groups excluding carboxylic acids is 1. The molecule has 3 heterocycles. The molecule has 0 aromatic heterocycles. The summed E-state index contributed by atoms with van der Waals surface area (Å²) in [5, 5.41) is 0. The summed E-state index contributed by atoms with van der Waals surface area (Å²) < 4.78 is 21.7. The van der Waals surface area contributed by atoms with Crippen LogP contribution in [0.4, 0.5) is 0 Å². The molecule has 7 atom stereocenters. The van der Waals surface area contributed by atoms with E-state index >= 15 is 0 Å². The predicted molar refractivity (Wildman–Crippen MR) is 94.7 cm³/mol. The molecule has 3 saturated heterocycles. The van der Waals surface area contributed by atoms with E-state index in [-0.39, 0.29) is 18.0 Å². The van der Waals surface area contributed by atoms with Crippen molar-refractivity contribution in [2.24, 2.45) is 11.8 Å². The average Bonchev–Trinajstić information content (AvgIpc) is 3.56. The lowest BCUT2D eigenvalue weighted by Gasteiger charge is -2.25. The average molecular weight is 364 g/mol. The van der Waals surface area contributed by atoms with E-state index in [4.69, 9.17) is 18.9 Å². The van der Waals surface area contributed by atoms with Gasteiger partial charge in [-0.3, -0.25) is 4.79 Å². The monoisotopic (exact) mass is 364 g/mol. The molecule has 6 aliphatic rings. The zero-order valence-corrected chi connectivity index (χ0v) is 15.6. The van der Waals surface area contributed by atoms with Crippen LogP contribution in [-0.4, -0.2) is 49.2 Å². The molecule has 0 aromatic carbocycles. The van der Waals surface area contributed by atoms with E-state index in [0.29, 0.717) is 30.5 Å². The summed E-state index contributed by atoms with van der Waals surface area (Å²) in [5.74, 6) is 0.996. The minimum Gasteiger partial charge on any atom is -0.462 e. The van der Waals surface area contributed by atoms with Crippen LogP contribution < -0.4 is 0 Å². The third kappa shape index (κ3) is 4.26. The van der Waals surface area contributed by atoms with Gasteiger partial charge in [0.25, 0.3) is 0 Å². The Morgan fingerprint density at radius 2 is 1.42 bits per heavy atom. The van der Waals surface area contributed by atoms with Crippen LogP contribution in [0, 0.1) is 11.8 Å². The molecule has 6 fully saturated rings. The van der Waals surface area contributed by atoms with Gasteiger partial charge < -0.3 is 18.9 Å². The van der Waals surface area contributed by atoms with E-state index in [2.05, 4.69) is 0 Å². The molecular weight excluding hydrogens is 332 g/mol. The minimum absolute atomic E-state index is 0.0425. The summed E-state index contributed by atoms with van der Waals surface area (Å²) in [7, 11) is 0. The van der Waals surface area contributed by atoms with Crippen LogP contribution in [0.25, 0.3) is 0 Å². The Labute approximate surface area is 156 Å². The Bertz CT molecular complexity index is 513. The van der Waals surface area contributed by atoms with Gasteiger partial charge in [-0.05, 0) is 70.1 Å². The van der Waals surface area contributed by atoms with Crippen LogP contribution in [0.15, 0.2) is 0 Å². The van der Waals surface area contributed by atoms with Crippen molar-refractivity contribution in [3.05, 3.63) is 0 Å². The Hall–Kier alpha value is -0.650. The second-order valence-electron chi connectivity index (χ2n) is 9.08. The summed E-state index contributed by atoms with van der Waals surface area (Å²) >= 11 is 0. The smallest absolute Gasteiger partial charge is 0.309 e. The third-order valence-corrected chi connectivity index (χ3v) is 7.10. The van der Waals surface area contributed by atoms with Crippen molar-refractivity contribution in [2.75, 3.05) is 6.61 Å². The van der Waals surface area contributed by atoms with Crippen LogP contribution in [0.5, 0.6) is 0 Å². The SMILES string of the molecule is C1CC2OC2CC1C1CO1.O=C(OC1CCCCC1)C1CCC2OC2C1. The molecular formula is C21H32O5. The lowest BCUT2D eigenvalue weighted by molar-refractivity contribution is -0.156. The second kappa shape index (κ2) is 7.40. The number of esters is 1. The van der Waals surface area contributed by atoms with Gasteiger partial charge in [0.05, 0.1) is 43.0 Å². The van der Waals surface area contributed by atoms with Crippen LogP contribution in [0.1, 0.15) is 70.6 Å². The summed E-state index contributed by atoms with van der Waals surface area (Å²) in [5.41, 5.74) is 0. The highest BCUT2D eigenvalue weighted by molar-refractivity contribution is 5.73. The first-order chi connectivity index (χ1) is 12.8. The number of carbonyl (C=O) groups is 1. The van der Waals surface area contributed by atoms with Gasteiger partial charge >= 0.3 is 5.97 Å². The number of fused-ring (bicyclic) bond motifs is 2. The molecule has 6 rings (SSSR count). The fraction of sp³-hybridized carbons (Fsp3) is 0.952. The molecule has 3 aliphatic carbocycles. The summed E-state index contributed by atoms with van der Waals surface area (Å²) in [6, 6.07) is 0. The van der Waals surface area contributed by atoms with Crippen LogP contribution in [0.3, 0.4) is 0 Å². The normalized spacial score (nSPS) is 46.1. The lowest BCUT2D eigenvalue weighted by atomic mass is 9.87. The predicted octanol–water partition coefficient (Wildman–Crippen LogP) is 3.38. The molecule has 5 nitrogen and oxygen atoms in total. The van der Waals surface area contributed by atoms with Gasteiger partial charge in [0.2, 0.25) is 0 Å². The van der Waals surface area contributed by atoms with Gasteiger partial charge in [-0.1, -0.05) is 6.42 Å². The lowest BCUT2D eigenvalue weighted by Crippen LogP contribution is -2.28. The molecule has 146 valence electrons. The Morgan fingerprint density at radius 3 is 2.08 bits per heavy atom. The standard InChI is InChI=1S/C13H20O3.C8H12O2/c14-13(15-10-4-2-1-3-5-10)9-6-7-11-12(8-9)16-11;1-2-6-7(10-6)3-5(1)8-4-9-8/h9-12H,1-8H2;5-8H,1-4H2. The van der Waals surface area contributed by atoms with E-state index in [0.717, 1.165) is 44.6 Å². The van der Waals surface area contributed by atoms with Crippen LogP contribution >= 0.6 is 0 Å². The highest BCUT2D eigenvalue weighted by Gasteiger charge is 2.48. The van der Waals surface area contributed by atoms with Crippen molar-refractivity contribution >= 4 is 5.97 Å². The minimum atomic E-state index is 0.0425. The molecule has 26 heavy (non-hydrogen) atoms. The van der Waals surface area contributed by atoms with Crippen molar-refractivity contribution in [3.8, 4) is 0 Å². The maximum Gasteiger partial charge on any atom is 0.309 e. The van der Waals surface area contributed by atoms with E-state index < -0.39 is 0 Å². The number of rotatable bonds is 3. The van der Waals surface area contributed by atoms with Gasteiger partial charge in [-0.2, -0.15) is 0 Å². The topological polar surface area (TPSA) is 63.9 Å². The zero-order chi connectivity index (χ0) is 17.5. The van der Waals surface area contributed by atoms with Crippen LogP contribution in [-0.2, 0) is 23.7 Å². The third-order valence-electron chi connectivity index (χ3n) is 7.10.